The highest BCUT2D eigenvalue weighted by Crippen LogP contribution is 2.44. The van der Waals surface area contributed by atoms with E-state index in [2.05, 4.69) is 21.9 Å². The molecule has 2 aliphatic rings. The van der Waals surface area contributed by atoms with Gasteiger partial charge in [0.1, 0.15) is 5.82 Å². The third-order valence-electron chi connectivity index (χ3n) is 5.47. The second-order valence-electron chi connectivity index (χ2n) is 7.21. The van der Waals surface area contributed by atoms with Crippen LogP contribution in [0.15, 0.2) is 46.2 Å². The van der Waals surface area contributed by atoms with E-state index in [4.69, 9.17) is 16.7 Å². The van der Waals surface area contributed by atoms with Crippen molar-refractivity contribution >= 4 is 23.4 Å². The molecule has 0 bridgehead atoms. The van der Waals surface area contributed by atoms with E-state index in [1.807, 2.05) is 12.1 Å². The number of piperazine rings is 1. The smallest absolute Gasteiger partial charge is 0.124 e. The lowest BCUT2D eigenvalue weighted by atomic mass is 9.96. The molecule has 1 fully saturated rings. The van der Waals surface area contributed by atoms with E-state index in [1.54, 1.807) is 23.9 Å². The van der Waals surface area contributed by atoms with Crippen LogP contribution in [0, 0.1) is 5.82 Å². The Balaban J connectivity index is 1.61. The summed E-state index contributed by atoms with van der Waals surface area (Å²) in [4.78, 5) is 7.11. The molecule has 3 nitrogen and oxygen atoms in total. The van der Waals surface area contributed by atoms with Crippen molar-refractivity contribution in [3.05, 3.63) is 58.4 Å². The first-order valence-corrected chi connectivity index (χ1v) is 10.7. The van der Waals surface area contributed by atoms with E-state index < -0.39 is 0 Å². The van der Waals surface area contributed by atoms with Crippen LogP contribution in [0.3, 0.4) is 0 Å². The quantitative estimate of drug-likeness (QED) is 0.822. The molecule has 0 radical (unpaired) electrons. The predicted molar refractivity (Wildman–Crippen MR) is 108 cm³/mol. The first kappa shape index (κ1) is 19.2. The van der Waals surface area contributed by atoms with Gasteiger partial charge in [-0.1, -0.05) is 29.4 Å². The number of rotatable bonds is 4. The Morgan fingerprint density at radius 1 is 1.07 bits per heavy atom. The summed E-state index contributed by atoms with van der Waals surface area (Å²) in [6.07, 6.45) is 1.70. The van der Waals surface area contributed by atoms with E-state index in [-0.39, 0.29) is 18.5 Å². The van der Waals surface area contributed by atoms with Gasteiger partial charge in [0.25, 0.3) is 0 Å². The van der Waals surface area contributed by atoms with Crippen LogP contribution in [-0.2, 0) is 6.42 Å². The topological polar surface area (TPSA) is 26.7 Å². The number of halogens is 2. The van der Waals surface area contributed by atoms with Crippen molar-refractivity contribution in [2.24, 2.45) is 0 Å². The fourth-order valence-corrected chi connectivity index (χ4v) is 5.34. The molecular weight excluding hydrogens is 383 g/mol. The molecule has 2 heterocycles. The minimum Gasteiger partial charge on any atom is -0.396 e. The number of aliphatic hydroxyl groups excluding tert-OH is 1. The SMILES string of the molecule is OCCCN1CCN(C2Cc3ccc(F)cc3Sc3ccc(Cl)cc32)CC1. The van der Waals surface area contributed by atoms with E-state index in [9.17, 15) is 4.39 Å². The Morgan fingerprint density at radius 2 is 1.89 bits per heavy atom. The molecule has 0 saturated carbocycles. The van der Waals surface area contributed by atoms with E-state index in [0.29, 0.717) is 0 Å². The Bertz CT molecular complexity index is 811. The van der Waals surface area contributed by atoms with Crippen LogP contribution in [-0.4, -0.2) is 54.2 Å². The highest BCUT2D eigenvalue weighted by atomic mass is 35.5. The molecule has 2 aromatic carbocycles. The van der Waals surface area contributed by atoms with Crippen LogP contribution >= 0.6 is 23.4 Å². The first-order valence-electron chi connectivity index (χ1n) is 9.47. The van der Waals surface area contributed by atoms with Crippen molar-refractivity contribution < 1.29 is 9.50 Å². The molecule has 1 N–H and O–H groups in total. The van der Waals surface area contributed by atoms with Crippen LogP contribution in [0.25, 0.3) is 0 Å². The maximum Gasteiger partial charge on any atom is 0.124 e. The van der Waals surface area contributed by atoms with Gasteiger partial charge in [-0.3, -0.25) is 4.90 Å². The molecular formula is C21H24ClFN2OS. The zero-order valence-electron chi connectivity index (χ0n) is 15.2. The van der Waals surface area contributed by atoms with E-state index >= 15 is 0 Å². The van der Waals surface area contributed by atoms with Crippen LogP contribution in [0.4, 0.5) is 4.39 Å². The molecule has 1 unspecified atom stereocenters. The van der Waals surface area contributed by atoms with Crippen molar-refractivity contribution in [3.63, 3.8) is 0 Å². The summed E-state index contributed by atoms with van der Waals surface area (Å²) in [6.45, 7) is 5.20. The van der Waals surface area contributed by atoms with Crippen molar-refractivity contribution in [2.45, 2.75) is 28.7 Å². The molecule has 6 heteroatoms. The summed E-state index contributed by atoms with van der Waals surface area (Å²) in [5, 5.41) is 9.80. The Morgan fingerprint density at radius 3 is 2.67 bits per heavy atom. The lowest BCUT2D eigenvalue weighted by molar-refractivity contribution is 0.0899. The molecule has 0 aliphatic carbocycles. The van der Waals surface area contributed by atoms with E-state index in [1.165, 1.54) is 11.1 Å². The second kappa shape index (κ2) is 8.50. The van der Waals surface area contributed by atoms with Gasteiger partial charge in [-0.05, 0) is 54.3 Å². The Kier molecular flexibility index (Phi) is 6.05. The van der Waals surface area contributed by atoms with Gasteiger partial charge >= 0.3 is 0 Å². The highest BCUT2D eigenvalue weighted by molar-refractivity contribution is 7.99. The normalized spacial score (nSPS) is 20.8. The fraction of sp³-hybridized carbons (Fsp3) is 0.429. The molecule has 0 aromatic heterocycles. The summed E-state index contributed by atoms with van der Waals surface area (Å²) < 4.78 is 13.8. The third-order valence-corrected chi connectivity index (χ3v) is 6.90. The summed E-state index contributed by atoms with van der Waals surface area (Å²) >= 11 is 7.97. The molecule has 1 atom stereocenters. The summed E-state index contributed by atoms with van der Waals surface area (Å²) in [6, 6.07) is 11.4. The summed E-state index contributed by atoms with van der Waals surface area (Å²) in [7, 11) is 0. The molecule has 0 spiro atoms. The van der Waals surface area contributed by atoms with Crippen molar-refractivity contribution in [1.82, 2.24) is 9.80 Å². The minimum atomic E-state index is -0.187. The summed E-state index contributed by atoms with van der Waals surface area (Å²) in [5.41, 5.74) is 2.44. The molecule has 4 rings (SSSR count). The molecule has 1 saturated heterocycles. The van der Waals surface area contributed by atoms with Gasteiger partial charge < -0.3 is 10.0 Å². The number of benzene rings is 2. The first-order chi connectivity index (χ1) is 13.1. The van der Waals surface area contributed by atoms with Gasteiger partial charge in [0.2, 0.25) is 0 Å². The van der Waals surface area contributed by atoms with Crippen LogP contribution in [0.2, 0.25) is 5.02 Å². The lowest BCUT2D eigenvalue weighted by Crippen LogP contribution is -2.48. The second-order valence-corrected chi connectivity index (χ2v) is 8.73. The van der Waals surface area contributed by atoms with Crippen LogP contribution in [0.5, 0.6) is 0 Å². The fourth-order valence-electron chi connectivity index (χ4n) is 4.02. The lowest BCUT2D eigenvalue weighted by Gasteiger charge is -2.39. The minimum absolute atomic E-state index is 0.187. The van der Waals surface area contributed by atoms with Gasteiger partial charge in [-0.15, -0.1) is 0 Å². The van der Waals surface area contributed by atoms with Crippen LogP contribution in [0.1, 0.15) is 23.6 Å². The molecule has 27 heavy (non-hydrogen) atoms. The van der Waals surface area contributed by atoms with Crippen molar-refractivity contribution in [2.75, 3.05) is 39.3 Å². The zero-order valence-corrected chi connectivity index (χ0v) is 16.8. The maximum absolute atomic E-state index is 13.8. The molecule has 2 aromatic rings. The number of nitrogens with zero attached hydrogens (tertiary/aromatic N) is 2. The average Bonchev–Trinajstić information content (AvgIpc) is 2.83. The Labute approximate surface area is 169 Å². The summed E-state index contributed by atoms with van der Waals surface area (Å²) in [5.74, 6) is -0.187. The van der Waals surface area contributed by atoms with Crippen LogP contribution < -0.4 is 0 Å². The van der Waals surface area contributed by atoms with Gasteiger partial charge in [-0.2, -0.15) is 0 Å². The van der Waals surface area contributed by atoms with Gasteiger partial charge in [0, 0.05) is 60.2 Å². The molecule has 0 amide bonds. The van der Waals surface area contributed by atoms with Gasteiger partial charge in [0.05, 0.1) is 0 Å². The Hall–Kier alpha value is -1.11. The van der Waals surface area contributed by atoms with Gasteiger partial charge in [-0.25, -0.2) is 4.39 Å². The third kappa shape index (κ3) is 4.33. The largest absolute Gasteiger partial charge is 0.396 e. The van der Waals surface area contributed by atoms with Crippen molar-refractivity contribution in [3.8, 4) is 0 Å². The highest BCUT2D eigenvalue weighted by Gasteiger charge is 2.30. The number of hydrogen-bond donors (Lipinski definition) is 1. The van der Waals surface area contributed by atoms with Crippen molar-refractivity contribution in [1.29, 1.82) is 0 Å². The van der Waals surface area contributed by atoms with Gasteiger partial charge in [0.15, 0.2) is 0 Å². The average molecular weight is 407 g/mol. The molecule has 2 aliphatic heterocycles. The number of aliphatic hydroxyl groups is 1. The maximum atomic E-state index is 13.8. The molecule has 144 valence electrons. The number of hydrogen-bond acceptors (Lipinski definition) is 4. The van der Waals surface area contributed by atoms with E-state index in [0.717, 1.165) is 60.4 Å². The standard InChI is InChI=1S/C21H24ClFN2OS/c22-16-3-5-20-18(13-16)19(12-15-2-4-17(23)14-21(15)27-20)25-9-7-24(8-10-25)6-1-11-26/h2-5,13-14,19,26H,1,6-12H2. The monoisotopic (exact) mass is 406 g/mol. The predicted octanol–water partition coefficient (Wildman–Crippen LogP) is 4.23. The zero-order chi connectivity index (χ0) is 18.8. The number of fused-ring (bicyclic) bond motifs is 2.